The lowest BCUT2D eigenvalue weighted by Crippen LogP contribution is -2.22. The van der Waals surface area contributed by atoms with Crippen molar-refractivity contribution in [1.82, 2.24) is 0 Å². The van der Waals surface area contributed by atoms with Gasteiger partial charge in [-0.2, -0.15) is 0 Å². The standard InChI is InChI=1S/C14H24OSSi/c1-12-6-8-14(9-7-12)16(15)13(2)10-11-17(3,4)5/h6-9,13H,10-11H2,1-5H3/t13-,16?/m1/s1. The van der Waals surface area contributed by atoms with Crippen molar-refractivity contribution in [3.05, 3.63) is 29.8 Å². The largest absolute Gasteiger partial charge is 0.254 e. The van der Waals surface area contributed by atoms with Crippen LogP contribution in [0.25, 0.3) is 0 Å². The number of rotatable bonds is 5. The van der Waals surface area contributed by atoms with Gasteiger partial charge in [-0.25, -0.2) is 0 Å². The molecule has 0 heterocycles. The molecule has 2 atom stereocenters. The third-order valence-electron chi connectivity index (χ3n) is 2.92. The molecular weight excluding hydrogens is 244 g/mol. The highest BCUT2D eigenvalue weighted by molar-refractivity contribution is 7.85. The van der Waals surface area contributed by atoms with Crippen LogP contribution < -0.4 is 0 Å². The zero-order chi connectivity index (χ0) is 13.1. The van der Waals surface area contributed by atoms with Crippen LogP contribution in [-0.2, 0) is 10.8 Å². The van der Waals surface area contributed by atoms with Crippen LogP contribution in [0.15, 0.2) is 29.2 Å². The van der Waals surface area contributed by atoms with Crippen LogP contribution in [0.2, 0.25) is 25.7 Å². The van der Waals surface area contributed by atoms with Crippen LogP contribution >= 0.6 is 0 Å². The van der Waals surface area contributed by atoms with Crippen LogP contribution in [0.4, 0.5) is 0 Å². The van der Waals surface area contributed by atoms with Gasteiger partial charge in [0, 0.05) is 18.2 Å². The Balaban J connectivity index is 2.61. The normalized spacial score (nSPS) is 15.6. The molecule has 1 unspecified atom stereocenters. The molecule has 1 aromatic carbocycles. The maximum Gasteiger partial charge on any atom is 0.0557 e. The van der Waals surface area contributed by atoms with Gasteiger partial charge in [0.05, 0.1) is 10.8 Å². The third-order valence-corrected chi connectivity index (χ3v) is 6.41. The Labute approximate surface area is 109 Å². The lowest BCUT2D eigenvalue weighted by Gasteiger charge is -2.18. The number of hydrogen-bond acceptors (Lipinski definition) is 1. The molecule has 0 saturated carbocycles. The molecular formula is C14H24OSSi. The molecule has 0 saturated heterocycles. The summed E-state index contributed by atoms with van der Waals surface area (Å²) in [5, 5.41) is 0.268. The van der Waals surface area contributed by atoms with E-state index in [2.05, 4.69) is 33.5 Å². The van der Waals surface area contributed by atoms with Gasteiger partial charge in [0.15, 0.2) is 0 Å². The van der Waals surface area contributed by atoms with E-state index in [0.29, 0.717) is 0 Å². The number of hydrogen-bond donors (Lipinski definition) is 0. The van der Waals surface area contributed by atoms with Crippen molar-refractivity contribution < 1.29 is 4.21 Å². The quantitative estimate of drug-likeness (QED) is 0.731. The highest BCUT2D eigenvalue weighted by Gasteiger charge is 2.18. The number of benzene rings is 1. The Hall–Kier alpha value is -0.413. The topological polar surface area (TPSA) is 17.1 Å². The van der Waals surface area contributed by atoms with Crippen molar-refractivity contribution in [3.63, 3.8) is 0 Å². The molecule has 17 heavy (non-hydrogen) atoms. The molecule has 0 aliphatic carbocycles. The minimum absolute atomic E-state index is 0.268. The smallest absolute Gasteiger partial charge is 0.0557 e. The summed E-state index contributed by atoms with van der Waals surface area (Å²) >= 11 is 0. The van der Waals surface area contributed by atoms with Gasteiger partial charge in [0.25, 0.3) is 0 Å². The predicted molar refractivity (Wildman–Crippen MR) is 79.8 cm³/mol. The van der Waals surface area contributed by atoms with Crippen molar-refractivity contribution in [3.8, 4) is 0 Å². The van der Waals surface area contributed by atoms with E-state index in [1.165, 1.54) is 11.6 Å². The average molecular weight is 268 g/mol. The first-order chi connectivity index (χ1) is 7.79. The second-order valence-corrected chi connectivity index (χ2v) is 13.5. The zero-order valence-electron chi connectivity index (χ0n) is 11.6. The van der Waals surface area contributed by atoms with Crippen molar-refractivity contribution >= 4 is 18.9 Å². The Morgan fingerprint density at radius 3 is 2.18 bits per heavy atom. The second-order valence-electron chi connectivity index (χ2n) is 6.02. The number of aryl methyl sites for hydroxylation is 1. The molecule has 0 radical (unpaired) electrons. The van der Waals surface area contributed by atoms with Gasteiger partial charge in [-0.3, -0.25) is 4.21 Å². The highest BCUT2D eigenvalue weighted by Crippen LogP contribution is 2.19. The van der Waals surface area contributed by atoms with Crippen LogP contribution in [0.5, 0.6) is 0 Å². The summed E-state index contributed by atoms with van der Waals surface area (Å²) in [4.78, 5) is 0.971. The van der Waals surface area contributed by atoms with E-state index in [1.807, 2.05) is 24.3 Å². The van der Waals surface area contributed by atoms with E-state index in [4.69, 9.17) is 0 Å². The minimum Gasteiger partial charge on any atom is -0.254 e. The molecule has 1 nitrogen and oxygen atoms in total. The van der Waals surface area contributed by atoms with E-state index in [9.17, 15) is 4.21 Å². The summed E-state index contributed by atoms with van der Waals surface area (Å²) in [5.41, 5.74) is 1.22. The van der Waals surface area contributed by atoms with E-state index >= 15 is 0 Å². The van der Waals surface area contributed by atoms with Gasteiger partial charge >= 0.3 is 0 Å². The first-order valence-corrected chi connectivity index (χ1v) is 11.2. The molecule has 1 aromatic rings. The summed E-state index contributed by atoms with van der Waals surface area (Å²) in [5.74, 6) is 0. The Kier molecular flexibility index (Phi) is 5.14. The second kappa shape index (κ2) is 5.96. The fraction of sp³-hybridized carbons (Fsp3) is 0.571. The van der Waals surface area contributed by atoms with Gasteiger partial charge in [0.1, 0.15) is 0 Å². The first-order valence-electron chi connectivity index (χ1n) is 6.27. The van der Waals surface area contributed by atoms with Gasteiger partial charge in [-0.05, 0) is 25.5 Å². The molecule has 0 aliphatic heterocycles. The van der Waals surface area contributed by atoms with Crippen molar-refractivity contribution in [2.45, 2.75) is 56.1 Å². The van der Waals surface area contributed by atoms with Gasteiger partial charge < -0.3 is 0 Å². The Bertz CT molecular complexity index is 378. The van der Waals surface area contributed by atoms with Gasteiger partial charge in [-0.15, -0.1) is 0 Å². The lowest BCUT2D eigenvalue weighted by molar-refractivity contribution is 0.669. The SMILES string of the molecule is Cc1ccc(S(=O)[C@H](C)CC[Si](C)(C)C)cc1. The van der Waals surface area contributed by atoms with Crippen LogP contribution in [0, 0.1) is 6.92 Å². The fourth-order valence-electron chi connectivity index (χ4n) is 1.65. The summed E-state index contributed by atoms with van der Waals surface area (Å²) in [6, 6.07) is 9.33. The minimum atomic E-state index is -1.01. The van der Waals surface area contributed by atoms with E-state index < -0.39 is 18.9 Å². The van der Waals surface area contributed by atoms with Crippen molar-refractivity contribution in [2.75, 3.05) is 0 Å². The van der Waals surface area contributed by atoms with Crippen LogP contribution in [-0.4, -0.2) is 17.5 Å². The molecule has 96 valence electrons. The molecule has 0 bridgehead atoms. The van der Waals surface area contributed by atoms with Crippen molar-refractivity contribution in [2.24, 2.45) is 0 Å². The van der Waals surface area contributed by atoms with Crippen LogP contribution in [0.1, 0.15) is 18.9 Å². The van der Waals surface area contributed by atoms with Gasteiger partial charge in [0.2, 0.25) is 0 Å². The maximum absolute atomic E-state index is 12.3. The van der Waals surface area contributed by atoms with E-state index in [-0.39, 0.29) is 5.25 Å². The Morgan fingerprint density at radius 2 is 1.71 bits per heavy atom. The molecule has 0 aromatic heterocycles. The molecule has 0 aliphatic rings. The average Bonchev–Trinajstić information content (AvgIpc) is 2.25. The van der Waals surface area contributed by atoms with Crippen LogP contribution in [0.3, 0.4) is 0 Å². The monoisotopic (exact) mass is 268 g/mol. The summed E-state index contributed by atoms with van der Waals surface area (Å²) in [7, 11) is -1.86. The highest BCUT2D eigenvalue weighted by atomic mass is 32.2. The third kappa shape index (κ3) is 5.17. The van der Waals surface area contributed by atoms with E-state index in [1.54, 1.807) is 0 Å². The van der Waals surface area contributed by atoms with Gasteiger partial charge in [-0.1, -0.05) is 50.3 Å². The Morgan fingerprint density at radius 1 is 1.18 bits per heavy atom. The van der Waals surface area contributed by atoms with Crippen molar-refractivity contribution in [1.29, 1.82) is 0 Å². The molecule has 0 spiro atoms. The fourth-order valence-corrected chi connectivity index (χ4v) is 4.36. The maximum atomic E-state index is 12.3. The molecule has 0 N–H and O–H groups in total. The molecule has 1 rings (SSSR count). The molecule has 0 amide bonds. The predicted octanol–water partition coefficient (Wildman–Crippen LogP) is 4.22. The molecule has 0 fully saturated rings. The summed E-state index contributed by atoms with van der Waals surface area (Å²) < 4.78 is 12.3. The summed E-state index contributed by atoms with van der Waals surface area (Å²) in [6.07, 6.45) is 1.08. The lowest BCUT2D eigenvalue weighted by atomic mass is 10.2. The first kappa shape index (κ1) is 14.6. The molecule has 3 heteroatoms. The van der Waals surface area contributed by atoms with E-state index in [0.717, 1.165) is 11.3 Å². The zero-order valence-corrected chi connectivity index (χ0v) is 13.4. The summed E-state index contributed by atoms with van der Waals surface area (Å²) in [6.45, 7) is 11.3.